The van der Waals surface area contributed by atoms with Gasteiger partial charge in [-0.2, -0.15) is 0 Å². The zero-order valence-corrected chi connectivity index (χ0v) is 16.9. The number of likely N-dealkylation sites (tertiary alicyclic amines) is 1. The molecule has 0 bridgehead atoms. The summed E-state index contributed by atoms with van der Waals surface area (Å²) in [6.45, 7) is 6.66. The largest absolute Gasteiger partial charge is 0.444 e. The Labute approximate surface area is 161 Å². The minimum absolute atomic E-state index is 0.0481. The number of benzene rings is 1. The van der Waals surface area contributed by atoms with Crippen molar-refractivity contribution >= 4 is 38.8 Å². The van der Waals surface area contributed by atoms with Crippen LogP contribution in [0.15, 0.2) is 28.7 Å². The molecule has 1 saturated heterocycles. The lowest BCUT2D eigenvalue weighted by atomic mass is 10.1. The molecule has 3 rings (SSSR count). The van der Waals surface area contributed by atoms with Crippen molar-refractivity contribution in [2.24, 2.45) is 0 Å². The van der Waals surface area contributed by atoms with Crippen molar-refractivity contribution in [1.82, 2.24) is 15.2 Å². The molecule has 1 aliphatic heterocycles. The molecule has 1 fully saturated rings. The summed E-state index contributed by atoms with van der Waals surface area (Å²) in [5.41, 5.74) is 0.959. The molecule has 6 nitrogen and oxygen atoms in total. The maximum Gasteiger partial charge on any atom is 0.407 e. The molecule has 2 aromatic rings. The summed E-state index contributed by atoms with van der Waals surface area (Å²) in [6.07, 6.45) is 1.24. The highest BCUT2D eigenvalue weighted by molar-refractivity contribution is 9.10. The summed E-state index contributed by atoms with van der Waals surface area (Å²) >= 11 is 3.45. The number of hydrogen-bond acceptors (Lipinski definition) is 3. The molecule has 0 aliphatic carbocycles. The topological polar surface area (TPSA) is 74.4 Å². The van der Waals surface area contributed by atoms with Crippen LogP contribution in [0.2, 0.25) is 0 Å². The van der Waals surface area contributed by atoms with Crippen LogP contribution < -0.4 is 5.32 Å². The van der Waals surface area contributed by atoms with Gasteiger partial charge in [-0.3, -0.25) is 4.79 Å². The normalized spacial score (nSPS) is 18.0. The number of piperidine rings is 1. The number of ether oxygens (including phenoxy) is 1. The van der Waals surface area contributed by atoms with E-state index in [0.29, 0.717) is 18.8 Å². The number of aromatic amines is 1. The summed E-state index contributed by atoms with van der Waals surface area (Å²) < 4.78 is 6.28. The van der Waals surface area contributed by atoms with Gasteiger partial charge in [0.15, 0.2) is 0 Å². The number of hydrogen-bond donors (Lipinski definition) is 2. The zero-order valence-electron chi connectivity index (χ0n) is 15.3. The van der Waals surface area contributed by atoms with Crippen molar-refractivity contribution in [3.8, 4) is 0 Å². The van der Waals surface area contributed by atoms with Gasteiger partial charge in [-0.1, -0.05) is 15.9 Å². The van der Waals surface area contributed by atoms with Gasteiger partial charge >= 0.3 is 6.09 Å². The number of rotatable bonds is 2. The van der Waals surface area contributed by atoms with Crippen LogP contribution in [0.4, 0.5) is 4.79 Å². The van der Waals surface area contributed by atoms with Gasteiger partial charge in [-0.05, 0) is 57.9 Å². The average molecular weight is 422 g/mol. The predicted molar refractivity (Wildman–Crippen MR) is 104 cm³/mol. The van der Waals surface area contributed by atoms with Crippen LogP contribution in [0.3, 0.4) is 0 Å². The predicted octanol–water partition coefficient (Wildman–Crippen LogP) is 4.06. The summed E-state index contributed by atoms with van der Waals surface area (Å²) in [6, 6.07) is 7.63. The molecule has 0 unspecified atom stereocenters. The van der Waals surface area contributed by atoms with Crippen LogP contribution in [0.25, 0.3) is 10.9 Å². The van der Waals surface area contributed by atoms with Crippen molar-refractivity contribution in [3.05, 3.63) is 34.4 Å². The third-order valence-corrected chi connectivity index (χ3v) is 4.74. The minimum atomic E-state index is -0.535. The highest BCUT2D eigenvalue weighted by atomic mass is 79.9. The van der Waals surface area contributed by atoms with Gasteiger partial charge in [-0.15, -0.1) is 0 Å². The number of nitrogens with one attached hydrogen (secondary N) is 2. The zero-order chi connectivity index (χ0) is 18.9. The monoisotopic (exact) mass is 421 g/mol. The van der Waals surface area contributed by atoms with E-state index in [2.05, 4.69) is 26.2 Å². The smallest absolute Gasteiger partial charge is 0.407 e. The van der Waals surface area contributed by atoms with Gasteiger partial charge in [0.05, 0.1) is 0 Å². The average Bonchev–Trinajstić information content (AvgIpc) is 2.95. The van der Waals surface area contributed by atoms with Crippen LogP contribution >= 0.6 is 15.9 Å². The molecule has 1 aromatic carbocycles. The molecule has 0 saturated carbocycles. The molecule has 1 atom stereocenters. The molecule has 7 heteroatoms. The Bertz CT molecular complexity index is 825. The lowest BCUT2D eigenvalue weighted by Crippen LogP contribution is -2.50. The number of alkyl carbamates (subject to hydrolysis) is 1. The fourth-order valence-electron chi connectivity index (χ4n) is 3.14. The maximum absolute atomic E-state index is 12.9. The Morgan fingerprint density at radius 3 is 2.81 bits per heavy atom. The molecular weight excluding hydrogens is 398 g/mol. The van der Waals surface area contributed by atoms with E-state index in [-0.39, 0.29) is 11.9 Å². The minimum Gasteiger partial charge on any atom is -0.444 e. The molecule has 2 N–H and O–H groups in total. The first-order valence-electron chi connectivity index (χ1n) is 8.78. The van der Waals surface area contributed by atoms with Crippen molar-refractivity contribution in [2.75, 3.05) is 13.1 Å². The van der Waals surface area contributed by atoms with E-state index < -0.39 is 11.7 Å². The number of halogens is 1. The fraction of sp³-hybridized carbons (Fsp3) is 0.474. The van der Waals surface area contributed by atoms with Crippen LogP contribution in [-0.2, 0) is 4.74 Å². The molecule has 0 radical (unpaired) electrons. The van der Waals surface area contributed by atoms with Crippen LogP contribution in [-0.4, -0.2) is 46.6 Å². The molecule has 2 heterocycles. The third-order valence-electron chi connectivity index (χ3n) is 4.24. The highest BCUT2D eigenvalue weighted by Crippen LogP contribution is 2.22. The summed E-state index contributed by atoms with van der Waals surface area (Å²) in [5, 5.41) is 3.86. The van der Waals surface area contributed by atoms with Crippen LogP contribution in [0.1, 0.15) is 44.1 Å². The Morgan fingerprint density at radius 2 is 2.08 bits per heavy atom. The van der Waals surface area contributed by atoms with Gasteiger partial charge in [0.2, 0.25) is 0 Å². The molecule has 0 spiro atoms. The van der Waals surface area contributed by atoms with E-state index in [0.717, 1.165) is 28.2 Å². The van der Waals surface area contributed by atoms with Crippen molar-refractivity contribution < 1.29 is 14.3 Å². The van der Waals surface area contributed by atoms with Gasteiger partial charge in [0, 0.05) is 34.5 Å². The second kappa shape index (κ2) is 7.31. The summed E-state index contributed by atoms with van der Waals surface area (Å²) in [7, 11) is 0. The number of fused-ring (bicyclic) bond motifs is 1. The molecular formula is C19H24BrN3O3. The highest BCUT2D eigenvalue weighted by Gasteiger charge is 2.27. The van der Waals surface area contributed by atoms with E-state index >= 15 is 0 Å². The quantitative estimate of drug-likeness (QED) is 0.767. The van der Waals surface area contributed by atoms with Gasteiger partial charge in [0.1, 0.15) is 11.3 Å². The Kier molecular flexibility index (Phi) is 5.27. The van der Waals surface area contributed by atoms with Crippen molar-refractivity contribution in [2.45, 2.75) is 45.3 Å². The second-order valence-electron chi connectivity index (χ2n) is 7.65. The lowest BCUT2D eigenvalue weighted by Gasteiger charge is -2.33. The number of carbonyl (C=O) groups excluding carboxylic acids is 2. The lowest BCUT2D eigenvalue weighted by molar-refractivity contribution is 0.0451. The Balaban J connectivity index is 1.66. The van der Waals surface area contributed by atoms with Crippen LogP contribution in [0.5, 0.6) is 0 Å². The molecule has 1 aromatic heterocycles. The van der Waals surface area contributed by atoms with E-state index in [1.54, 1.807) is 4.90 Å². The molecule has 26 heavy (non-hydrogen) atoms. The molecule has 2 amide bonds. The summed E-state index contributed by atoms with van der Waals surface area (Å²) in [4.78, 5) is 29.8. The van der Waals surface area contributed by atoms with E-state index in [1.165, 1.54) is 0 Å². The Morgan fingerprint density at radius 1 is 1.31 bits per heavy atom. The van der Waals surface area contributed by atoms with Crippen molar-refractivity contribution in [1.29, 1.82) is 0 Å². The van der Waals surface area contributed by atoms with E-state index in [1.807, 2.05) is 45.0 Å². The van der Waals surface area contributed by atoms with Crippen LogP contribution in [0, 0.1) is 0 Å². The van der Waals surface area contributed by atoms with Gasteiger partial charge in [-0.25, -0.2) is 4.79 Å². The van der Waals surface area contributed by atoms with Gasteiger partial charge in [0.25, 0.3) is 5.91 Å². The number of amides is 2. The first kappa shape index (κ1) is 18.8. The molecule has 1 aliphatic rings. The second-order valence-corrected chi connectivity index (χ2v) is 8.57. The number of H-pyrrole nitrogens is 1. The number of nitrogens with zero attached hydrogens (tertiary/aromatic N) is 1. The van der Waals surface area contributed by atoms with E-state index in [9.17, 15) is 9.59 Å². The first-order chi connectivity index (χ1) is 12.2. The first-order valence-corrected chi connectivity index (χ1v) is 9.58. The molecule has 140 valence electrons. The Hall–Kier alpha value is -2.02. The number of aromatic nitrogens is 1. The van der Waals surface area contributed by atoms with Gasteiger partial charge < -0.3 is 19.9 Å². The van der Waals surface area contributed by atoms with E-state index in [4.69, 9.17) is 4.74 Å². The summed E-state index contributed by atoms with van der Waals surface area (Å²) in [5.74, 6) is -0.0481. The van der Waals surface area contributed by atoms with Crippen molar-refractivity contribution in [3.63, 3.8) is 0 Å². The fourth-order valence-corrected chi connectivity index (χ4v) is 3.52. The standard InChI is InChI=1S/C19H24BrN3O3/c1-19(2,3)26-18(25)21-14-5-4-8-23(11-14)17(24)16-10-12-9-13(20)6-7-15(12)22-16/h6-7,9-10,14,22H,4-5,8,11H2,1-3H3,(H,21,25)/t14-/m0/s1. The SMILES string of the molecule is CC(C)(C)OC(=O)N[C@H]1CCCN(C(=O)c2cc3cc(Br)ccc3[nH]2)C1. The maximum atomic E-state index is 12.9. The number of carbonyl (C=O) groups is 2. The third kappa shape index (κ3) is 4.58.